The van der Waals surface area contributed by atoms with Gasteiger partial charge in [0.15, 0.2) is 0 Å². The maximum Gasteiger partial charge on any atom is 0.0270 e. The average molecular weight is 199 g/mol. The van der Waals surface area contributed by atoms with Crippen LogP contribution in [0.1, 0.15) is 24.5 Å². The molecular weight excluding hydrogens is 182 g/mol. The fraction of sp³-hybridized carbons (Fsp3) is 0.286. The van der Waals surface area contributed by atoms with E-state index in [4.69, 9.17) is 5.73 Å². The predicted molar refractivity (Wildman–Crippen MR) is 64.6 cm³/mol. The second-order valence-electron chi connectivity index (χ2n) is 4.53. The Morgan fingerprint density at radius 2 is 2.13 bits per heavy atom. The van der Waals surface area contributed by atoms with Gasteiger partial charge in [0.05, 0.1) is 0 Å². The number of nitrogens with two attached hydrogens (primary N) is 1. The Morgan fingerprint density at radius 3 is 2.73 bits per heavy atom. The van der Waals surface area contributed by atoms with Gasteiger partial charge >= 0.3 is 0 Å². The fourth-order valence-corrected chi connectivity index (χ4v) is 1.96. The molecule has 0 radical (unpaired) electrons. The summed E-state index contributed by atoms with van der Waals surface area (Å²) in [6, 6.07) is 8.68. The minimum absolute atomic E-state index is 0.106. The van der Waals surface area contributed by atoms with E-state index in [1.54, 1.807) is 0 Å². The van der Waals surface area contributed by atoms with Crippen molar-refractivity contribution in [2.45, 2.75) is 25.7 Å². The smallest absolute Gasteiger partial charge is 0.0270 e. The van der Waals surface area contributed by atoms with Crippen LogP contribution in [0.2, 0.25) is 0 Å². The molecule has 1 aliphatic rings. The summed E-state index contributed by atoms with van der Waals surface area (Å²) in [4.78, 5) is 0. The topological polar surface area (TPSA) is 26.0 Å². The van der Waals surface area contributed by atoms with E-state index in [1.165, 1.54) is 11.1 Å². The molecule has 0 heterocycles. The maximum absolute atomic E-state index is 5.74. The van der Waals surface area contributed by atoms with Crippen LogP contribution in [0.25, 0.3) is 0 Å². The van der Waals surface area contributed by atoms with Crippen LogP contribution in [0, 0.1) is 6.92 Å². The standard InChI is InChI=1S/C14H17N/c1-11-4-3-5-12(10-11)14(2)8-6-13(15)7-9-14/h3-8,10H,9,15H2,1-2H3/t14-/m0/s1. The fourth-order valence-electron chi connectivity index (χ4n) is 1.96. The van der Waals surface area contributed by atoms with E-state index in [2.05, 4.69) is 50.3 Å². The number of hydrogen-bond donors (Lipinski definition) is 1. The monoisotopic (exact) mass is 199 g/mol. The number of aryl methyl sites for hydroxylation is 1. The molecule has 1 heteroatoms. The molecule has 0 saturated heterocycles. The second-order valence-corrected chi connectivity index (χ2v) is 4.53. The minimum atomic E-state index is 0.106. The van der Waals surface area contributed by atoms with Crippen LogP contribution in [0.5, 0.6) is 0 Å². The molecule has 0 unspecified atom stereocenters. The summed E-state index contributed by atoms with van der Waals surface area (Å²) in [7, 11) is 0. The van der Waals surface area contributed by atoms with Crippen molar-refractivity contribution in [3.05, 3.63) is 59.3 Å². The summed E-state index contributed by atoms with van der Waals surface area (Å²) in [6.07, 6.45) is 7.30. The van der Waals surface area contributed by atoms with Gasteiger partial charge in [0.25, 0.3) is 0 Å². The lowest BCUT2D eigenvalue weighted by Gasteiger charge is -2.28. The van der Waals surface area contributed by atoms with Crippen LogP contribution in [0.3, 0.4) is 0 Å². The van der Waals surface area contributed by atoms with Crippen LogP contribution >= 0.6 is 0 Å². The summed E-state index contributed by atoms with van der Waals surface area (Å²) in [5.41, 5.74) is 9.39. The predicted octanol–water partition coefficient (Wildman–Crippen LogP) is 3.06. The molecule has 1 aromatic rings. The molecule has 2 rings (SSSR count). The molecule has 1 aliphatic carbocycles. The Hall–Kier alpha value is -1.50. The molecule has 1 aromatic carbocycles. The first-order valence-electron chi connectivity index (χ1n) is 5.32. The molecule has 2 N–H and O–H groups in total. The lowest BCUT2D eigenvalue weighted by atomic mass is 9.76. The molecule has 0 aliphatic heterocycles. The normalized spacial score (nSPS) is 25.1. The third-order valence-electron chi connectivity index (χ3n) is 3.08. The zero-order valence-electron chi connectivity index (χ0n) is 9.33. The van der Waals surface area contributed by atoms with Crippen molar-refractivity contribution in [3.63, 3.8) is 0 Å². The van der Waals surface area contributed by atoms with Gasteiger partial charge in [-0.2, -0.15) is 0 Å². The van der Waals surface area contributed by atoms with Crippen molar-refractivity contribution < 1.29 is 0 Å². The van der Waals surface area contributed by atoms with Gasteiger partial charge in [0.1, 0.15) is 0 Å². The minimum Gasteiger partial charge on any atom is -0.399 e. The Labute approximate surface area is 91.3 Å². The van der Waals surface area contributed by atoms with Crippen molar-refractivity contribution in [3.8, 4) is 0 Å². The maximum atomic E-state index is 5.74. The van der Waals surface area contributed by atoms with Crippen LogP contribution in [0.4, 0.5) is 0 Å². The second kappa shape index (κ2) is 3.58. The number of benzene rings is 1. The molecular formula is C14H17N. The van der Waals surface area contributed by atoms with Crippen molar-refractivity contribution in [2.24, 2.45) is 5.73 Å². The summed E-state index contributed by atoms with van der Waals surface area (Å²) in [5, 5.41) is 0. The summed E-state index contributed by atoms with van der Waals surface area (Å²) in [5.74, 6) is 0. The molecule has 0 amide bonds. The SMILES string of the molecule is Cc1cccc([C@@]2(C)C=CC(N)=CC2)c1. The van der Waals surface area contributed by atoms with E-state index in [0.29, 0.717) is 0 Å². The molecule has 78 valence electrons. The lowest BCUT2D eigenvalue weighted by Crippen LogP contribution is -2.21. The van der Waals surface area contributed by atoms with E-state index in [1.807, 2.05) is 6.08 Å². The van der Waals surface area contributed by atoms with Gasteiger partial charge in [0, 0.05) is 11.1 Å². The van der Waals surface area contributed by atoms with Crippen molar-refractivity contribution in [1.29, 1.82) is 0 Å². The quantitative estimate of drug-likeness (QED) is 0.739. The highest BCUT2D eigenvalue weighted by Gasteiger charge is 2.24. The molecule has 1 nitrogen and oxygen atoms in total. The largest absolute Gasteiger partial charge is 0.399 e. The first-order valence-corrected chi connectivity index (χ1v) is 5.32. The van der Waals surface area contributed by atoms with Crippen LogP contribution in [-0.2, 0) is 5.41 Å². The van der Waals surface area contributed by atoms with Crippen molar-refractivity contribution in [1.82, 2.24) is 0 Å². The van der Waals surface area contributed by atoms with E-state index in [9.17, 15) is 0 Å². The van der Waals surface area contributed by atoms with Gasteiger partial charge in [-0.05, 0) is 25.0 Å². The van der Waals surface area contributed by atoms with Crippen LogP contribution in [-0.4, -0.2) is 0 Å². The molecule has 0 aromatic heterocycles. The van der Waals surface area contributed by atoms with Crippen LogP contribution < -0.4 is 5.73 Å². The summed E-state index contributed by atoms with van der Waals surface area (Å²) >= 11 is 0. The number of rotatable bonds is 1. The zero-order valence-corrected chi connectivity index (χ0v) is 9.33. The lowest BCUT2D eigenvalue weighted by molar-refractivity contribution is 0.595. The summed E-state index contributed by atoms with van der Waals surface area (Å²) < 4.78 is 0. The van der Waals surface area contributed by atoms with Crippen molar-refractivity contribution in [2.75, 3.05) is 0 Å². The van der Waals surface area contributed by atoms with Crippen molar-refractivity contribution >= 4 is 0 Å². The van der Waals surface area contributed by atoms with Crippen LogP contribution in [0.15, 0.2) is 48.2 Å². The van der Waals surface area contributed by atoms with E-state index in [-0.39, 0.29) is 5.41 Å². The summed E-state index contributed by atoms with van der Waals surface area (Å²) in [6.45, 7) is 4.38. The Balaban J connectivity index is 2.36. The van der Waals surface area contributed by atoms with Gasteiger partial charge in [0.2, 0.25) is 0 Å². The van der Waals surface area contributed by atoms with E-state index >= 15 is 0 Å². The third-order valence-corrected chi connectivity index (χ3v) is 3.08. The van der Waals surface area contributed by atoms with Gasteiger partial charge in [-0.1, -0.05) is 48.9 Å². The highest BCUT2D eigenvalue weighted by molar-refractivity contribution is 5.38. The highest BCUT2D eigenvalue weighted by Crippen LogP contribution is 2.33. The molecule has 0 spiro atoms. The van der Waals surface area contributed by atoms with Gasteiger partial charge in [-0.25, -0.2) is 0 Å². The molecule has 15 heavy (non-hydrogen) atoms. The van der Waals surface area contributed by atoms with Gasteiger partial charge in [-0.15, -0.1) is 0 Å². The average Bonchev–Trinajstić information content (AvgIpc) is 2.23. The molecule has 0 bridgehead atoms. The Bertz CT molecular complexity index is 429. The van der Waals surface area contributed by atoms with Gasteiger partial charge < -0.3 is 5.73 Å². The first-order chi connectivity index (χ1) is 7.10. The zero-order chi connectivity index (χ0) is 10.9. The third kappa shape index (κ3) is 1.96. The molecule has 1 atom stereocenters. The Morgan fingerprint density at radius 1 is 1.33 bits per heavy atom. The number of allylic oxidation sites excluding steroid dienone is 3. The van der Waals surface area contributed by atoms with E-state index in [0.717, 1.165) is 12.1 Å². The van der Waals surface area contributed by atoms with Gasteiger partial charge in [-0.3, -0.25) is 0 Å². The Kier molecular flexibility index (Phi) is 2.39. The molecule has 0 fully saturated rings. The van der Waals surface area contributed by atoms with E-state index < -0.39 is 0 Å². The highest BCUT2D eigenvalue weighted by atomic mass is 14.6. The first kappa shape index (κ1) is 10.0. The molecule has 0 saturated carbocycles. The number of hydrogen-bond acceptors (Lipinski definition) is 1.